The van der Waals surface area contributed by atoms with E-state index >= 15 is 0 Å². The van der Waals surface area contributed by atoms with Crippen molar-refractivity contribution in [2.24, 2.45) is 0 Å². The van der Waals surface area contributed by atoms with Gasteiger partial charge < -0.3 is 4.90 Å². The Morgan fingerprint density at radius 2 is 1.90 bits per heavy atom. The lowest BCUT2D eigenvalue weighted by Crippen LogP contribution is -2.52. The summed E-state index contributed by atoms with van der Waals surface area (Å²) in [4.78, 5) is 4.60. The lowest BCUT2D eigenvalue weighted by Gasteiger charge is -2.37. The largest absolute Gasteiger partial charge is 0.352 e. The standard InChI is InChI=1S/C14H19N4OP/c1-14(2,20-19)18-9-7-17(8-10-18)13-11-5-3-4-6-12(11)15-16-13/h3-6H,7-10H2,1-2H3,(H,15,16)/p+1. The minimum absolute atomic E-state index is 0.222. The molecule has 2 heterocycles. The first-order chi connectivity index (χ1) is 9.62. The predicted molar refractivity (Wildman–Crippen MR) is 83.0 cm³/mol. The minimum Gasteiger partial charge on any atom is -0.352 e. The average Bonchev–Trinajstić information content (AvgIpc) is 2.91. The number of rotatable bonds is 3. The third kappa shape index (κ3) is 2.32. The van der Waals surface area contributed by atoms with Gasteiger partial charge in [0.05, 0.1) is 5.52 Å². The van der Waals surface area contributed by atoms with Crippen molar-refractivity contribution in [3.8, 4) is 0 Å². The molecule has 6 heteroatoms. The molecule has 2 aromatic rings. The van der Waals surface area contributed by atoms with E-state index in [1.807, 2.05) is 32.0 Å². The van der Waals surface area contributed by atoms with Gasteiger partial charge in [-0.25, -0.2) is 0 Å². The van der Waals surface area contributed by atoms with Gasteiger partial charge >= 0.3 is 8.46 Å². The number of hydrogen-bond acceptors (Lipinski definition) is 4. The Labute approximate surface area is 120 Å². The molecule has 1 aliphatic heterocycles. The summed E-state index contributed by atoms with van der Waals surface area (Å²) in [6.45, 7) is 7.76. The summed E-state index contributed by atoms with van der Waals surface area (Å²) in [5.41, 5.74) is 1.08. The third-order valence-electron chi connectivity index (χ3n) is 4.07. The molecular weight excluding hydrogens is 271 g/mol. The van der Waals surface area contributed by atoms with Crippen LogP contribution in [0.25, 0.3) is 10.9 Å². The van der Waals surface area contributed by atoms with Gasteiger partial charge in [-0.2, -0.15) is 5.10 Å². The van der Waals surface area contributed by atoms with E-state index in [1.54, 1.807) is 0 Å². The highest BCUT2D eigenvalue weighted by atomic mass is 31.1. The van der Waals surface area contributed by atoms with Crippen LogP contribution in [0.15, 0.2) is 24.3 Å². The second-order valence-electron chi connectivity index (χ2n) is 5.73. The number of aromatic amines is 1. The third-order valence-corrected chi connectivity index (χ3v) is 4.89. The molecule has 0 radical (unpaired) electrons. The van der Waals surface area contributed by atoms with E-state index < -0.39 is 0 Å². The smallest absolute Gasteiger partial charge is 0.346 e. The number of para-hydroxylation sites is 1. The van der Waals surface area contributed by atoms with E-state index in [-0.39, 0.29) is 13.7 Å². The summed E-state index contributed by atoms with van der Waals surface area (Å²) in [5.74, 6) is 1.03. The van der Waals surface area contributed by atoms with Crippen LogP contribution in [-0.4, -0.2) is 46.6 Å². The van der Waals surface area contributed by atoms with Crippen molar-refractivity contribution in [1.82, 2.24) is 15.1 Å². The first-order valence-corrected chi connectivity index (χ1v) is 7.85. The topological polar surface area (TPSA) is 52.2 Å². The maximum Gasteiger partial charge on any atom is 0.346 e. The fraction of sp³-hybridized carbons (Fsp3) is 0.500. The summed E-state index contributed by atoms with van der Waals surface area (Å²) in [6.07, 6.45) is 0. The summed E-state index contributed by atoms with van der Waals surface area (Å²) < 4.78 is 11.3. The number of hydrogen-bond donors (Lipinski definition) is 1. The highest BCUT2D eigenvalue weighted by Gasteiger charge is 2.36. The second-order valence-corrected chi connectivity index (χ2v) is 7.16. The predicted octanol–water partition coefficient (Wildman–Crippen LogP) is 2.45. The number of nitrogens with zero attached hydrogens (tertiary/aromatic N) is 3. The Kier molecular flexibility index (Phi) is 3.48. The number of fused-ring (bicyclic) bond motifs is 1. The molecule has 0 bridgehead atoms. The highest BCUT2D eigenvalue weighted by molar-refractivity contribution is 7.25. The van der Waals surface area contributed by atoms with Crippen molar-refractivity contribution in [1.29, 1.82) is 0 Å². The van der Waals surface area contributed by atoms with Gasteiger partial charge in [0.25, 0.3) is 0 Å². The summed E-state index contributed by atoms with van der Waals surface area (Å²) in [6, 6.07) is 8.20. The van der Waals surface area contributed by atoms with Crippen LogP contribution in [0.1, 0.15) is 13.8 Å². The summed E-state index contributed by atoms with van der Waals surface area (Å²) in [7, 11) is -0.300. The van der Waals surface area contributed by atoms with Crippen LogP contribution >= 0.6 is 8.46 Å². The van der Waals surface area contributed by atoms with E-state index in [9.17, 15) is 4.57 Å². The molecule has 0 aliphatic carbocycles. The quantitative estimate of drug-likeness (QED) is 0.883. The molecule has 0 saturated carbocycles. The lowest BCUT2D eigenvalue weighted by atomic mass is 10.2. The number of benzene rings is 1. The zero-order valence-corrected chi connectivity index (χ0v) is 12.9. The van der Waals surface area contributed by atoms with Crippen molar-refractivity contribution < 1.29 is 4.57 Å². The first kappa shape index (κ1) is 13.5. The Morgan fingerprint density at radius 3 is 2.60 bits per heavy atom. The fourth-order valence-corrected chi connectivity index (χ4v) is 3.08. The molecular formula is C14H20N4OP+. The van der Waals surface area contributed by atoms with E-state index in [0.717, 1.165) is 37.5 Å². The van der Waals surface area contributed by atoms with Crippen LogP contribution in [0, 0.1) is 0 Å². The number of piperazine rings is 1. The van der Waals surface area contributed by atoms with Gasteiger partial charge in [-0.3, -0.25) is 10.00 Å². The molecule has 106 valence electrons. The summed E-state index contributed by atoms with van der Waals surface area (Å²) >= 11 is 0. The van der Waals surface area contributed by atoms with Crippen LogP contribution < -0.4 is 4.90 Å². The van der Waals surface area contributed by atoms with E-state index in [1.165, 1.54) is 5.39 Å². The minimum atomic E-state index is -0.300. The normalized spacial score (nSPS) is 18.0. The Balaban J connectivity index is 1.77. The monoisotopic (exact) mass is 291 g/mol. The number of aromatic nitrogens is 2. The summed E-state index contributed by atoms with van der Waals surface area (Å²) in [5, 5.41) is 8.48. The van der Waals surface area contributed by atoms with Gasteiger partial charge in [-0.15, -0.1) is 0 Å². The molecule has 20 heavy (non-hydrogen) atoms. The molecule has 1 saturated heterocycles. The van der Waals surface area contributed by atoms with Crippen LogP contribution in [0.3, 0.4) is 0 Å². The van der Waals surface area contributed by atoms with Crippen LogP contribution in [0.4, 0.5) is 5.82 Å². The molecule has 1 unspecified atom stereocenters. The zero-order valence-electron chi connectivity index (χ0n) is 11.9. The van der Waals surface area contributed by atoms with Crippen LogP contribution in [-0.2, 0) is 4.57 Å². The van der Waals surface area contributed by atoms with Crippen molar-refractivity contribution in [3.05, 3.63) is 24.3 Å². The van der Waals surface area contributed by atoms with Crippen molar-refractivity contribution in [2.45, 2.75) is 19.1 Å². The molecule has 1 aromatic carbocycles. The molecule has 3 rings (SSSR count). The molecule has 1 N–H and O–H groups in total. The highest BCUT2D eigenvalue weighted by Crippen LogP contribution is 2.30. The zero-order chi connectivity index (χ0) is 14.2. The van der Waals surface area contributed by atoms with Crippen LogP contribution in [0.2, 0.25) is 0 Å². The lowest BCUT2D eigenvalue weighted by molar-refractivity contribution is 0.179. The Hall–Kier alpha value is -1.45. The van der Waals surface area contributed by atoms with Gasteiger partial charge in [-0.05, 0) is 26.0 Å². The number of anilines is 1. The van der Waals surface area contributed by atoms with E-state index in [4.69, 9.17) is 0 Å². The van der Waals surface area contributed by atoms with Crippen molar-refractivity contribution in [3.63, 3.8) is 0 Å². The SMILES string of the molecule is CC(C)([PH+]=O)N1CCN(c2n[nH]c3ccccc23)CC1. The van der Waals surface area contributed by atoms with Crippen LogP contribution in [0.5, 0.6) is 0 Å². The second kappa shape index (κ2) is 5.15. The molecule has 1 atom stereocenters. The maximum absolute atomic E-state index is 11.3. The van der Waals surface area contributed by atoms with Crippen molar-refractivity contribution >= 4 is 25.2 Å². The molecule has 1 fully saturated rings. The van der Waals surface area contributed by atoms with Crippen molar-refractivity contribution in [2.75, 3.05) is 31.1 Å². The molecule has 0 spiro atoms. The number of H-pyrrole nitrogens is 1. The fourth-order valence-electron chi connectivity index (χ4n) is 2.73. The van der Waals surface area contributed by atoms with Gasteiger partial charge in [0.15, 0.2) is 5.82 Å². The maximum atomic E-state index is 11.3. The molecule has 5 nitrogen and oxygen atoms in total. The first-order valence-electron chi connectivity index (χ1n) is 6.94. The van der Waals surface area contributed by atoms with Gasteiger partial charge in [0, 0.05) is 31.6 Å². The van der Waals surface area contributed by atoms with Gasteiger partial charge in [0.2, 0.25) is 5.28 Å². The molecule has 0 amide bonds. The average molecular weight is 291 g/mol. The molecule has 1 aliphatic rings. The van der Waals surface area contributed by atoms with Gasteiger partial charge in [0.1, 0.15) is 0 Å². The Morgan fingerprint density at radius 1 is 1.20 bits per heavy atom. The van der Waals surface area contributed by atoms with E-state index in [2.05, 4.69) is 26.1 Å². The molecule has 1 aromatic heterocycles. The van der Waals surface area contributed by atoms with E-state index in [0.29, 0.717) is 0 Å². The Bertz CT molecular complexity index is 616. The van der Waals surface area contributed by atoms with Gasteiger partial charge in [-0.1, -0.05) is 16.7 Å². The number of nitrogens with one attached hydrogen (secondary N) is 1.